The molecule has 1 aromatic carbocycles. The summed E-state index contributed by atoms with van der Waals surface area (Å²) in [5.74, 6) is -0.640. The zero-order valence-corrected chi connectivity index (χ0v) is 24.8. The summed E-state index contributed by atoms with van der Waals surface area (Å²) in [4.78, 5) is 10.3. The number of nitrogens with zero attached hydrogens (tertiary/aromatic N) is 2. The van der Waals surface area contributed by atoms with E-state index < -0.39 is 27.5 Å². The van der Waals surface area contributed by atoms with Crippen molar-refractivity contribution in [3.63, 3.8) is 0 Å². The minimum Gasteiger partial charge on any atom is -0.598 e. The molecule has 0 bridgehead atoms. The largest absolute Gasteiger partial charge is 0.598 e. The Hall–Kier alpha value is -2.04. The molecule has 0 aliphatic carbocycles. The highest BCUT2D eigenvalue weighted by Crippen LogP contribution is 2.42. The Morgan fingerprint density at radius 3 is 2.50 bits per heavy atom. The lowest BCUT2D eigenvalue weighted by Gasteiger charge is -2.28. The highest BCUT2D eigenvalue weighted by molar-refractivity contribution is 7.90. The van der Waals surface area contributed by atoms with Gasteiger partial charge in [0.1, 0.15) is 16.4 Å². The number of ether oxygens (including phenoxy) is 2. The molecule has 6 nitrogen and oxygen atoms in total. The Balaban J connectivity index is 1.58. The van der Waals surface area contributed by atoms with Crippen LogP contribution in [0.15, 0.2) is 60.9 Å². The molecule has 0 saturated carbocycles. The lowest BCUT2D eigenvalue weighted by molar-refractivity contribution is -0.159. The fraction of sp³-hybridized carbons (Fsp3) is 0.379. The van der Waals surface area contributed by atoms with Gasteiger partial charge in [-0.25, -0.2) is 0 Å². The Kier molecular flexibility index (Phi) is 7.37. The van der Waals surface area contributed by atoms with Crippen LogP contribution in [0.3, 0.4) is 0 Å². The normalized spacial score (nSPS) is 21.1. The second-order valence-corrected chi connectivity index (χ2v) is 14.6. The summed E-state index contributed by atoms with van der Waals surface area (Å²) in [6.07, 6.45) is 3.61. The van der Waals surface area contributed by atoms with Gasteiger partial charge in [-0.15, -0.1) is 16.1 Å². The van der Waals surface area contributed by atoms with E-state index in [9.17, 15) is 4.55 Å². The van der Waals surface area contributed by atoms with Crippen LogP contribution in [0.2, 0.25) is 5.02 Å². The van der Waals surface area contributed by atoms with Crippen molar-refractivity contribution < 1.29 is 14.0 Å². The maximum Gasteiger partial charge on any atom is 0.164 e. The summed E-state index contributed by atoms with van der Waals surface area (Å²) in [7, 11) is 0. The molecule has 4 heterocycles. The van der Waals surface area contributed by atoms with Crippen molar-refractivity contribution in [2.75, 3.05) is 6.61 Å². The van der Waals surface area contributed by atoms with E-state index in [2.05, 4.69) is 15.8 Å². The number of fused-ring (bicyclic) bond motifs is 1. The monoisotopic (exact) mass is 569 g/mol. The zero-order chi connectivity index (χ0) is 27.3. The number of hydrogen-bond donors (Lipinski definition) is 1. The minimum atomic E-state index is -1.32. The predicted molar refractivity (Wildman–Crippen MR) is 156 cm³/mol. The van der Waals surface area contributed by atoms with E-state index in [1.807, 2.05) is 90.2 Å². The molecule has 0 spiro atoms. The number of hydrogen-bond acceptors (Lipinski definition) is 7. The van der Waals surface area contributed by atoms with E-state index in [1.165, 1.54) is 0 Å². The number of halogens is 1. The summed E-state index contributed by atoms with van der Waals surface area (Å²) in [6.45, 7) is 12.2. The first-order valence-electron chi connectivity index (χ1n) is 12.5. The molecule has 38 heavy (non-hydrogen) atoms. The van der Waals surface area contributed by atoms with Crippen molar-refractivity contribution >= 4 is 44.5 Å². The van der Waals surface area contributed by atoms with E-state index in [0.717, 1.165) is 37.5 Å². The molecule has 1 fully saturated rings. The van der Waals surface area contributed by atoms with Gasteiger partial charge >= 0.3 is 0 Å². The molecule has 1 N–H and O–H groups in total. The van der Waals surface area contributed by atoms with Gasteiger partial charge in [0.25, 0.3) is 0 Å². The SMILES string of the molecule is CC1(C)OCC(C)(c2ccnc(-c3ccnc4cc(C(N[S+]([O-])C(C)(C)C)c5ccccc5Cl)sc34)c2)O1. The summed E-state index contributed by atoms with van der Waals surface area (Å²) >= 11 is 6.91. The number of aromatic nitrogens is 2. The zero-order valence-electron chi connectivity index (χ0n) is 22.4. The molecule has 3 atom stereocenters. The van der Waals surface area contributed by atoms with Crippen LogP contribution in [0.5, 0.6) is 0 Å². The van der Waals surface area contributed by atoms with E-state index >= 15 is 0 Å². The number of nitrogens with one attached hydrogen (secondary N) is 1. The van der Waals surface area contributed by atoms with Crippen molar-refractivity contribution in [1.29, 1.82) is 0 Å². The Bertz CT molecular complexity index is 1470. The second-order valence-electron chi connectivity index (χ2n) is 11.1. The van der Waals surface area contributed by atoms with Gasteiger partial charge in [0.15, 0.2) is 5.79 Å². The van der Waals surface area contributed by atoms with Crippen molar-refractivity contribution in [3.05, 3.63) is 82.0 Å². The molecular weight excluding hydrogens is 538 g/mol. The van der Waals surface area contributed by atoms with Crippen LogP contribution >= 0.6 is 22.9 Å². The van der Waals surface area contributed by atoms with Crippen molar-refractivity contribution in [3.8, 4) is 11.3 Å². The topological polar surface area (TPSA) is 79.3 Å². The summed E-state index contributed by atoms with van der Waals surface area (Å²) in [5, 5.41) is 0.617. The average molecular weight is 570 g/mol. The van der Waals surface area contributed by atoms with Gasteiger partial charge in [0, 0.05) is 39.2 Å². The first kappa shape index (κ1) is 27.5. The summed E-state index contributed by atoms with van der Waals surface area (Å²) in [6, 6.07) is 15.4. The maximum absolute atomic E-state index is 13.2. The van der Waals surface area contributed by atoms with Crippen molar-refractivity contribution in [2.24, 2.45) is 0 Å². The minimum absolute atomic E-state index is 0.361. The fourth-order valence-electron chi connectivity index (χ4n) is 4.53. The third-order valence-electron chi connectivity index (χ3n) is 6.53. The molecular formula is C29H32ClN3O3S2. The van der Waals surface area contributed by atoms with Gasteiger partial charge in [0.2, 0.25) is 0 Å². The number of thiophene rings is 1. The van der Waals surface area contributed by atoms with Gasteiger partial charge in [-0.1, -0.05) is 29.8 Å². The van der Waals surface area contributed by atoms with Crippen LogP contribution in [0.25, 0.3) is 21.5 Å². The molecule has 3 unspecified atom stereocenters. The molecule has 0 radical (unpaired) electrons. The molecule has 3 aromatic heterocycles. The molecule has 200 valence electrons. The first-order valence-corrected chi connectivity index (χ1v) is 14.8. The van der Waals surface area contributed by atoms with E-state index in [0.29, 0.717) is 11.6 Å². The molecule has 1 aliphatic heterocycles. The van der Waals surface area contributed by atoms with Crippen molar-refractivity contribution in [1.82, 2.24) is 14.7 Å². The van der Waals surface area contributed by atoms with Crippen LogP contribution < -0.4 is 4.72 Å². The van der Waals surface area contributed by atoms with Gasteiger partial charge < -0.3 is 14.0 Å². The van der Waals surface area contributed by atoms with Crippen molar-refractivity contribution in [2.45, 2.75) is 63.7 Å². The number of pyridine rings is 2. The van der Waals surface area contributed by atoms with Gasteiger partial charge in [-0.3, -0.25) is 9.97 Å². The van der Waals surface area contributed by atoms with Crippen LogP contribution in [0.1, 0.15) is 63.6 Å². The highest BCUT2D eigenvalue weighted by Gasteiger charge is 2.43. The second kappa shape index (κ2) is 10.2. The lowest BCUT2D eigenvalue weighted by atomic mass is 9.96. The van der Waals surface area contributed by atoms with Crippen LogP contribution in [-0.2, 0) is 26.4 Å². The molecule has 9 heteroatoms. The Labute approximate surface area is 236 Å². The quantitative estimate of drug-likeness (QED) is 0.248. The van der Waals surface area contributed by atoms with E-state index in [1.54, 1.807) is 17.5 Å². The number of benzene rings is 1. The third kappa shape index (κ3) is 5.49. The summed E-state index contributed by atoms with van der Waals surface area (Å²) < 4.78 is 29.2. The average Bonchev–Trinajstić information content (AvgIpc) is 3.42. The first-order chi connectivity index (χ1) is 17.9. The molecule has 0 amide bonds. The van der Waals surface area contributed by atoms with Crippen LogP contribution in [0, 0.1) is 0 Å². The summed E-state index contributed by atoms with van der Waals surface area (Å²) in [5.41, 5.74) is 3.97. The maximum atomic E-state index is 13.2. The molecule has 4 aromatic rings. The van der Waals surface area contributed by atoms with Gasteiger partial charge in [0.05, 0.1) is 22.5 Å². The Morgan fingerprint density at radius 2 is 1.82 bits per heavy atom. The van der Waals surface area contributed by atoms with Gasteiger partial charge in [-0.05, 0) is 83.0 Å². The number of rotatable bonds is 6. The fourth-order valence-corrected chi connectivity index (χ4v) is 6.88. The Morgan fingerprint density at radius 1 is 1.08 bits per heavy atom. The van der Waals surface area contributed by atoms with Gasteiger partial charge in [-0.2, -0.15) is 0 Å². The van der Waals surface area contributed by atoms with Crippen LogP contribution in [-0.4, -0.2) is 31.7 Å². The standard InChI is InChI=1S/C29H32ClN3O3S2/c1-27(2,3)38(34)33-25(19-9-7-8-10-21(19)30)24-16-23-26(37-24)20(12-14-32-23)22-15-18(11-13-31-22)29(6)17-35-28(4,5)36-29/h7-16,25,33H,17H2,1-6H3. The molecule has 5 rings (SSSR count). The smallest absolute Gasteiger partial charge is 0.164 e. The highest BCUT2D eigenvalue weighted by atomic mass is 35.5. The van der Waals surface area contributed by atoms with E-state index in [4.69, 9.17) is 26.1 Å². The van der Waals surface area contributed by atoms with Crippen LogP contribution in [0.4, 0.5) is 0 Å². The molecule has 1 saturated heterocycles. The molecule has 1 aliphatic rings. The lowest BCUT2D eigenvalue weighted by Crippen LogP contribution is -2.41. The predicted octanol–water partition coefficient (Wildman–Crippen LogP) is 7.15. The third-order valence-corrected chi connectivity index (χ3v) is 9.65. The van der Waals surface area contributed by atoms with E-state index in [-0.39, 0.29) is 6.04 Å².